The van der Waals surface area contributed by atoms with Crippen LogP contribution in [0.3, 0.4) is 0 Å². The van der Waals surface area contributed by atoms with Crippen LogP contribution in [-0.2, 0) is 4.74 Å². The third kappa shape index (κ3) is 3.63. The van der Waals surface area contributed by atoms with Crippen LogP contribution in [0.5, 0.6) is 0 Å². The van der Waals surface area contributed by atoms with Gasteiger partial charge in [0.1, 0.15) is 10.2 Å². The van der Waals surface area contributed by atoms with Gasteiger partial charge < -0.3 is 10.1 Å². The molecule has 8 heteroatoms. The molecule has 126 valence electrons. The standard InChI is InChI=1S/C16H15ClN2O4S/c1-4-23-16(22)11-8(2)12(9(3)20)24-15(11)19-14(21)10-6-5-7-18-13(10)17/h5-7H,4H2,1-3H3,(H,19,21). The number of nitrogens with one attached hydrogen (secondary N) is 1. The van der Waals surface area contributed by atoms with Crippen molar-refractivity contribution in [3.05, 3.63) is 45.1 Å². The van der Waals surface area contributed by atoms with Gasteiger partial charge in [-0.2, -0.15) is 0 Å². The number of carbonyl (C=O) groups is 3. The van der Waals surface area contributed by atoms with E-state index in [-0.39, 0.29) is 33.7 Å². The van der Waals surface area contributed by atoms with E-state index in [1.807, 2.05) is 0 Å². The summed E-state index contributed by atoms with van der Waals surface area (Å²) in [5.74, 6) is -1.30. The van der Waals surface area contributed by atoms with Gasteiger partial charge >= 0.3 is 5.97 Å². The number of hydrogen-bond acceptors (Lipinski definition) is 6. The maximum atomic E-state index is 12.4. The zero-order chi connectivity index (χ0) is 17.9. The monoisotopic (exact) mass is 366 g/mol. The number of carbonyl (C=O) groups excluding carboxylic acids is 3. The van der Waals surface area contributed by atoms with Gasteiger partial charge in [-0.25, -0.2) is 9.78 Å². The molecule has 2 aromatic heterocycles. The van der Waals surface area contributed by atoms with Crippen molar-refractivity contribution in [2.45, 2.75) is 20.8 Å². The highest BCUT2D eigenvalue weighted by molar-refractivity contribution is 7.18. The second-order valence-corrected chi connectivity index (χ2v) is 6.21. The van der Waals surface area contributed by atoms with Crippen LogP contribution in [0.1, 0.15) is 49.8 Å². The predicted octanol–water partition coefficient (Wildman–Crippen LogP) is 3.74. The molecule has 0 spiro atoms. The number of halogens is 1. The summed E-state index contributed by atoms with van der Waals surface area (Å²) in [5.41, 5.74) is 0.836. The van der Waals surface area contributed by atoms with Gasteiger partial charge in [0.25, 0.3) is 5.91 Å². The minimum absolute atomic E-state index is 0.0488. The molecular weight excluding hydrogens is 352 g/mol. The largest absolute Gasteiger partial charge is 0.462 e. The summed E-state index contributed by atoms with van der Waals surface area (Å²) >= 11 is 6.94. The van der Waals surface area contributed by atoms with Crippen LogP contribution >= 0.6 is 22.9 Å². The summed E-state index contributed by atoms with van der Waals surface area (Å²) in [7, 11) is 0. The topological polar surface area (TPSA) is 85.4 Å². The van der Waals surface area contributed by atoms with Gasteiger partial charge in [-0.05, 0) is 38.5 Å². The van der Waals surface area contributed by atoms with Crippen molar-refractivity contribution in [3.8, 4) is 0 Å². The number of pyridine rings is 1. The fourth-order valence-electron chi connectivity index (χ4n) is 2.11. The Labute approximate surface area is 147 Å². The molecule has 2 rings (SSSR count). The molecule has 0 radical (unpaired) electrons. The number of rotatable bonds is 5. The van der Waals surface area contributed by atoms with Crippen molar-refractivity contribution < 1.29 is 19.1 Å². The van der Waals surface area contributed by atoms with Gasteiger partial charge in [-0.1, -0.05) is 11.6 Å². The summed E-state index contributed by atoms with van der Waals surface area (Å²) < 4.78 is 5.02. The van der Waals surface area contributed by atoms with Gasteiger partial charge in [0.05, 0.1) is 22.6 Å². The number of hydrogen-bond donors (Lipinski definition) is 1. The molecule has 24 heavy (non-hydrogen) atoms. The Hall–Kier alpha value is -2.25. The van der Waals surface area contributed by atoms with E-state index in [0.717, 1.165) is 11.3 Å². The lowest BCUT2D eigenvalue weighted by Crippen LogP contribution is -2.15. The molecule has 0 saturated heterocycles. The van der Waals surface area contributed by atoms with Crippen molar-refractivity contribution in [2.75, 3.05) is 11.9 Å². The molecule has 0 bridgehead atoms. The average Bonchev–Trinajstić information content (AvgIpc) is 2.84. The summed E-state index contributed by atoms with van der Waals surface area (Å²) in [6.07, 6.45) is 1.46. The van der Waals surface area contributed by atoms with Crippen LogP contribution in [0.4, 0.5) is 5.00 Å². The Morgan fingerprint density at radius 2 is 2.08 bits per heavy atom. The molecule has 2 heterocycles. The summed E-state index contributed by atoms with van der Waals surface area (Å²) in [5, 5.41) is 2.92. The number of aromatic nitrogens is 1. The Morgan fingerprint density at radius 1 is 1.38 bits per heavy atom. The summed E-state index contributed by atoms with van der Waals surface area (Å²) in [6, 6.07) is 3.09. The maximum absolute atomic E-state index is 12.4. The van der Waals surface area contributed by atoms with Gasteiger partial charge in [-0.15, -0.1) is 11.3 Å². The van der Waals surface area contributed by atoms with E-state index in [4.69, 9.17) is 16.3 Å². The van der Waals surface area contributed by atoms with E-state index in [9.17, 15) is 14.4 Å². The number of nitrogens with zero attached hydrogens (tertiary/aromatic N) is 1. The Bertz CT molecular complexity index is 816. The normalized spacial score (nSPS) is 10.3. The smallest absolute Gasteiger partial charge is 0.341 e. The third-order valence-electron chi connectivity index (χ3n) is 3.18. The molecule has 0 atom stereocenters. The SMILES string of the molecule is CCOC(=O)c1c(NC(=O)c2cccnc2Cl)sc(C(C)=O)c1C. The maximum Gasteiger partial charge on any atom is 0.341 e. The highest BCUT2D eigenvalue weighted by atomic mass is 35.5. The minimum atomic E-state index is -0.591. The fourth-order valence-corrected chi connectivity index (χ4v) is 3.40. The number of ether oxygens (including phenoxy) is 1. The lowest BCUT2D eigenvalue weighted by Gasteiger charge is -2.07. The average molecular weight is 367 g/mol. The van der Waals surface area contributed by atoms with E-state index in [2.05, 4.69) is 10.3 Å². The zero-order valence-electron chi connectivity index (χ0n) is 13.3. The molecule has 0 aromatic carbocycles. The molecule has 0 fully saturated rings. The number of amides is 1. The molecule has 0 aliphatic carbocycles. The fraction of sp³-hybridized carbons (Fsp3) is 0.250. The third-order valence-corrected chi connectivity index (χ3v) is 4.79. The zero-order valence-corrected chi connectivity index (χ0v) is 14.9. The van der Waals surface area contributed by atoms with Crippen LogP contribution in [0.15, 0.2) is 18.3 Å². The van der Waals surface area contributed by atoms with Gasteiger partial charge in [-0.3, -0.25) is 9.59 Å². The second-order valence-electron chi connectivity index (χ2n) is 4.83. The van der Waals surface area contributed by atoms with Crippen molar-refractivity contribution in [3.63, 3.8) is 0 Å². The Balaban J connectivity index is 2.44. The van der Waals surface area contributed by atoms with Gasteiger partial charge in [0.15, 0.2) is 5.78 Å². The van der Waals surface area contributed by atoms with Crippen LogP contribution in [0.25, 0.3) is 0 Å². The quantitative estimate of drug-likeness (QED) is 0.495. The summed E-state index contributed by atoms with van der Waals surface area (Å²) in [4.78, 5) is 40.6. The molecule has 6 nitrogen and oxygen atoms in total. The molecule has 1 amide bonds. The van der Waals surface area contributed by atoms with Crippen LogP contribution in [-0.4, -0.2) is 29.3 Å². The molecule has 0 aliphatic rings. The van der Waals surface area contributed by atoms with Crippen molar-refractivity contribution in [1.29, 1.82) is 0 Å². The van der Waals surface area contributed by atoms with Crippen molar-refractivity contribution in [2.24, 2.45) is 0 Å². The second kappa shape index (κ2) is 7.55. The van der Waals surface area contributed by atoms with Crippen LogP contribution < -0.4 is 5.32 Å². The van der Waals surface area contributed by atoms with Crippen LogP contribution in [0, 0.1) is 6.92 Å². The first-order valence-electron chi connectivity index (χ1n) is 7.10. The molecule has 2 aromatic rings. The van der Waals surface area contributed by atoms with Crippen LogP contribution in [0.2, 0.25) is 5.15 Å². The highest BCUT2D eigenvalue weighted by Crippen LogP contribution is 2.34. The van der Waals surface area contributed by atoms with Crippen molar-refractivity contribution >= 4 is 45.6 Å². The molecule has 1 N–H and O–H groups in total. The minimum Gasteiger partial charge on any atom is -0.462 e. The molecule has 0 saturated carbocycles. The van der Waals surface area contributed by atoms with E-state index >= 15 is 0 Å². The Kier molecular flexibility index (Phi) is 5.69. The number of ketones is 1. The highest BCUT2D eigenvalue weighted by Gasteiger charge is 2.26. The first-order chi connectivity index (χ1) is 11.4. The predicted molar refractivity (Wildman–Crippen MR) is 92.2 cm³/mol. The van der Waals surface area contributed by atoms with Gasteiger partial charge in [0.2, 0.25) is 0 Å². The van der Waals surface area contributed by atoms with E-state index < -0.39 is 11.9 Å². The number of esters is 1. The summed E-state index contributed by atoms with van der Waals surface area (Å²) in [6.45, 7) is 4.91. The number of thiophene rings is 1. The van der Waals surface area contributed by atoms with Crippen molar-refractivity contribution in [1.82, 2.24) is 4.98 Å². The van der Waals surface area contributed by atoms with Gasteiger partial charge in [0, 0.05) is 6.20 Å². The van der Waals surface area contributed by atoms with E-state index in [1.165, 1.54) is 19.2 Å². The van der Waals surface area contributed by atoms with E-state index in [0.29, 0.717) is 10.4 Å². The Morgan fingerprint density at radius 3 is 2.67 bits per heavy atom. The molecule has 0 aliphatic heterocycles. The lowest BCUT2D eigenvalue weighted by molar-refractivity contribution is 0.0527. The van der Waals surface area contributed by atoms with E-state index in [1.54, 1.807) is 19.9 Å². The first-order valence-corrected chi connectivity index (χ1v) is 8.29. The molecular formula is C16H15ClN2O4S. The number of Topliss-reactive ketones (excluding diaryl/α,β-unsaturated/α-hetero) is 1. The molecule has 0 unspecified atom stereocenters. The number of anilines is 1. The first kappa shape index (κ1) is 18.1. The lowest BCUT2D eigenvalue weighted by atomic mass is 10.1.